The fraction of sp³-hybridized carbons (Fsp3) is 0.375. The van der Waals surface area contributed by atoms with Crippen molar-refractivity contribution in [2.75, 3.05) is 11.4 Å². The van der Waals surface area contributed by atoms with Crippen LogP contribution in [-0.2, 0) is 4.79 Å². The van der Waals surface area contributed by atoms with Gasteiger partial charge in [0.15, 0.2) is 5.82 Å². The van der Waals surface area contributed by atoms with Gasteiger partial charge in [0.05, 0.1) is 6.20 Å². The monoisotopic (exact) mass is 334 g/mol. The molecule has 15 heavy (non-hydrogen) atoms. The van der Waals surface area contributed by atoms with Gasteiger partial charge in [-0.05, 0) is 31.9 Å². The number of halogens is 2. The van der Waals surface area contributed by atoms with Crippen molar-refractivity contribution in [1.29, 1.82) is 0 Å². The van der Waals surface area contributed by atoms with Crippen LogP contribution in [0.3, 0.4) is 0 Å². The van der Waals surface area contributed by atoms with Crippen LogP contribution in [0.15, 0.2) is 15.4 Å². The fourth-order valence-corrected chi connectivity index (χ4v) is 2.49. The molecule has 0 bridgehead atoms. The Bertz CT molecular complexity index is 412. The summed E-state index contributed by atoms with van der Waals surface area (Å²) in [6, 6.07) is -0.116. The Morgan fingerprint density at radius 2 is 2.27 bits per heavy atom. The number of hydrogen-bond donors (Lipinski definition) is 1. The lowest BCUT2D eigenvalue weighted by molar-refractivity contribution is -0.117. The Labute approximate surface area is 103 Å². The zero-order chi connectivity index (χ0) is 11.0. The number of hydrogen-bond acceptors (Lipinski definition) is 4. The number of carbonyl (C=O) groups is 1. The quantitative estimate of drug-likeness (QED) is 0.833. The molecule has 1 fully saturated rings. The Morgan fingerprint density at radius 1 is 1.53 bits per heavy atom. The molecular weight excluding hydrogens is 328 g/mol. The maximum atomic E-state index is 11.6. The van der Waals surface area contributed by atoms with Crippen molar-refractivity contribution in [3.05, 3.63) is 15.4 Å². The van der Waals surface area contributed by atoms with Crippen LogP contribution >= 0.6 is 31.9 Å². The third kappa shape index (κ3) is 2.19. The average Bonchev–Trinajstić information content (AvgIpc) is 2.45. The molecule has 2 N–H and O–H groups in total. The summed E-state index contributed by atoms with van der Waals surface area (Å²) >= 11 is 6.47. The van der Waals surface area contributed by atoms with E-state index in [1.807, 2.05) is 0 Å². The van der Waals surface area contributed by atoms with Crippen LogP contribution in [0.1, 0.15) is 6.42 Å². The van der Waals surface area contributed by atoms with Crippen LogP contribution in [0.2, 0.25) is 0 Å². The molecule has 80 valence electrons. The van der Waals surface area contributed by atoms with Gasteiger partial charge >= 0.3 is 0 Å². The molecule has 0 spiro atoms. The van der Waals surface area contributed by atoms with Gasteiger partial charge in [-0.3, -0.25) is 9.69 Å². The highest BCUT2D eigenvalue weighted by Gasteiger charge is 2.30. The van der Waals surface area contributed by atoms with Gasteiger partial charge in [-0.2, -0.15) is 0 Å². The predicted molar refractivity (Wildman–Crippen MR) is 62.4 cm³/mol. The molecule has 1 amide bonds. The summed E-state index contributed by atoms with van der Waals surface area (Å²) < 4.78 is 1.16. The van der Waals surface area contributed by atoms with E-state index >= 15 is 0 Å². The van der Waals surface area contributed by atoms with Crippen LogP contribution in [0.25, 0.3) is 0 Å². The summed E-state index contributed by atoms with van der Waals surface area (Å²) in [6.07, 6.45) is 1.92. The largest absolute Gasteiger partial charge is 0.326 e. The fourth-order valence-electron chi connectivity index (χ4n) is 1.46. The highest BCUT2D eigenvalue weighted by Crippen LogP contribution is 2.26. The maximum absolute atomic E-state index is 11.6. The Balaban J connectivity index is 2.34. The molecule has 0 aliphatic carbocycles. The minimum Gasteiger partial charge on any atom is -0.326 e. The molecule has 0 radical (unpaired) electrons. The van der Waals surface area contributed by atoms with E-state index in [2.05, 4.69) is 41.8 Å². The minimum absolute atomic E-state index is 0.0141. The first kappa shape index (κ1) is 11.0. The number of nitrogens with two attached hydrogens (primary N) is 1. The standard InChI is InChI=1S/C8H8Br2N4O/c9-5-2-12-8(7(10)13-5)14-3-4(11)1-6(14)15/h2,4H,1,3,11H2. The van der Waals surface area contributed by atoms with Crippen molar-refractivity contribution in [3.63, 3.8) is 0 Å². The van der Waals surface area contributed by atoms with E-state index in [4.69, 9.17) is 5.73 Å². The van der Waals surface area contributed by atoms with Gasteiger partial charge in [-0.1, -0.05) is 0 Å². The van der Waals surface area contributed by atoms with Gasteiger partial charge in [0.2, 0.25) is 5.91 Å². The minimum atomic E-state index is -0.116. The summed E-state index contributed by atoms with van der Waals surface area (Å²) in [5, 5.41) is 0. The van der Waals surface area contributed by atoms with E-state index in [9.17, 15) is 4.79 Å². The third-order valence-electron chi connectivity index (χ3n) is 2.09. The topological polar surface area (TPSA) is 72.1 Å². The van der Waals surface area contributed by atoms with Crippen LogP contribution in [0, 0.1) is 0 Å². The van der Waals surface area contributed by atoms with E-state index in [1.54, 1.807) is 11.1 Å². The second kappa shape index (κ2) is 4.15. The van der Waals surface area contributed by atoms with Gasteiger partial charge in [0, 0.05) is 19.0 Å². The molecule has 1 atom stereocenters. The molecule has 1 unspecified atom stereocenters. The van der Waals surface area contributed by atoms with E-state index in [-0.39, 0.29) is 11.9 Å². The normalized spacial score (nSPS) is 21.1. The van der Waals surface area contributed by atoms with Gasteiger partial charge in [0.1, 0.15) is 9.21 Å². The van der Waals surface area contributed by atoms with Crippen molar-refractivity contribution in [3.8, 4) is 0 Å². The first-order valence-electron chi connectivity index (χ1n) is 4.32. The maximum Gasteiger partial charge on any atom is 0.229 e. The number of nitrogens with zero attached hydrogens (tertiary/aromatic N) is 3. The average molecular weight is 336 g/mol. The van der Waals surface area contributed by atoms with Crippen molar-refractivity contribution in [1.82, 2.24) is 9.97 Å². The molecule has 1 aromatic rings. The number of rotatable bonds is 1. The summed E-state index contributed by atoms with van der Waals surface area (Å²) in [4.78, 5) is 21.4. The first-order chi connectivity index (χ1) is 7.08. The highest BCUT2D eigenvalue weighted by molar-refractivity contribution is 9.11. The summed E-state index contributed by atoms with van der Waals surface area (Å²) in [5.41, 5.74) is 5.70. The molecule has 1 saturated heterocycles. The number of carbonyl (C=O) groups excluding carboxylic acids is 1. The third-order valence-corrected chi connectivity index (χ3v) is 3.01. The Kier molecular flexibility index (Phi) is 3.03. The molecule has 5 nitrogen and oxygen atoms in total. The van der Waals surface area contributed by atoms with E-state index in [0.29, 0.717) is 28.0 Å². The molecule has 7 heteroatoms. The van der Waals surface area contributed by atoms with Crippen molar-refractivity contribution < 1.29 is 4.79 Å². The lowest BCUT2D eigenvalue weighted by Gasteiger charge is -2.15. The molecule has 1 aliphatic heterocycles. The van der Waals surface area contributed by atoms with Crippen LogP contribution in [-0.4, -0.2) is 28.5 Å². The smallest absolute Gasteiger partial charge is 0.229 e. The Hall–Kier alpha value is -0.530. The van der Waals surface area contributed by atoms with Crippen LogP contribution in [0.5, 0.6) is 0 Å². The van der Waals surface area contributed by atoms with E-state index in [0.717, 1.165) is 0 Å². The van der Waals surface area contributed by atoms with Crippen molar-refractivity contribution in [2.24, 2.45) is 5.73 Å². The molecule has 2 rings (SSSR count). The van der Waals surface area contributed by atoms with Gasteiger partial charge in [-0.15, -0.1) is 0 Å². The summed E-state index contributed by atoms with van der Waals surface area (Å²) in [6.45, 7) is 0.494. The van der Waals surface area contributed by atoms with E-state index < -0.39 is 0 Å². The highest BCUT2D eigenvalue weighted by atomic mass is 79.9. The van der Waals surface area contributed by atoms with Gasteiger partial charge < -0.3 is 5.73 Å². The molecule has 0 saturated carbocycles. The second-order valence-electron chi connectivity index (χ2n) is 3.28. The second-order valence-corrected chi connectivity index (χ2v) is 4.84. The Morgan fingerprint density at radius 3 is 2.80 bits per heavy atom. The summed E-state index contributed by atoms with van der Waals surface area (Å²) in [5.74, 6) is 0.510. The number of aromatic nitrogens is 2. The first-order valence-corrected chi connectivity index (χ1v) is 5.90. The zero-order valence-electron chi connectivity index (χ0n) is 7.65. The van der Waals surface area contributed by atoms with E-state index in [1.165, 1.54) is 0 Å². The number of anilines is 1. The van der Waals surface area contributed by atoms with Gasteiger partial charge in [-0.25, -0.2) is 9.97 Å². The molecule has 1 aliphatic rings. The van der Waals surface area contributed by atoms with Crippen molar-refractivity contribution in [2.45, 2.75) is 12.5 Å². The van der Waals surface area contributed by atoms with Crippen LogP contribution < -0.4 is 10.6 Å². The molecular formula is C8H8Br2N4O. The molecule has 2 heterocycles. The van der Waals surface area contributed by atoms with Crippen molar-refractivity contribution >= 4 is 43.6 Å². The number of amides is 1. The van der Waals surface area contributed by atoms with Gasteiger partial charge in [0.25, 0.3) is 0 Å². The SMILES string of the molecule is NC1CC(=O)N(c2ncc(Br)nc2Br)C1. The summed E-state index contributed by atoms with van der Waals surface area (Å²) in [7, 11) is 0. The zero-order valence-corrected chi connectivity index (χ0v) is 10.8. The van der Waals surface area contributed by atoms with Crippen LogP contribution in [0.4, 0.5) is 5.82 Å². The molecule has 0 aromatic carbocycles. The lowest BCUT2D eigenvalue weighted by atomic mass is 10.3. The molecule has 1 aromatic heterocycles. The lowest BCUT2D eigenvalue weighted by Crippen LogP contribution is -2.29. The predicted octanol–water partition coefficient (Wildman–Crippen LogP) is 1.07.